The van der Waals surface area contributed by atoms with Crippen molar-refractivity contribution >= 4 is 23.5 Å². The van der Waals surface area contributed by atoms with Crippen molar-refractivity contribution in [1.29, 1.82) is 0 Å². The largest absolute Gasteiger partial charge is 0.353 e. The molecule has 3 amide bonds. The number of aromatic nitrogens is 4. The number of piperazine rings is 1. The maximum absolute atomic E-state index is 13.1. The van der Waals surface area contributed by atoms with E-state index in [1.807, 2.05) is 18.3 Å². The van der Waals surface area contributed by atoms with Gasteiger partial charge in [-0.2, -0.15) is 5.10 Å². The van der Waals surface area contributed by atoms with Gasteiger partial charge in [-0.05, 0) is 25.1 Å². The quantitative estimate of drug-likeness (QED) is 0.568. The van der Waals surface area contributed by atoms with E-state index in [0.717, 1.165) is 10.7 Å². The third-order valence-corrected chi connectivity index (χ3v) is 5.86. The SMILES string of the molecule is CC(C(=O)N1CCN(c2cc(-n3cccn3)ncn2)CC1)N1C(=O)c2ccccc2C1=O. The smallest absolute Gasteiger partial charge is 0.262 e. The molecule has 5 rings (SSSR count). The number of carbonyl (C=O) groups excluding carboxylic acids is 3. The molecule has 0 radical (unpaired) electrons. The number of anilines is 1. The summed E-state index contributed by atoms with van der Waals surface area (Å²) in [6.45, 7) is 3.70. The minimum absolute atomic E-state index is 0.237. The molecule has 0 aliphatic carbocycles. The molecule has 2 aliphatic heterocycles. The second kappa shape index (κ2) is 7.88. The Morgan fingerprint density at radius 2 is 1.59 bits per heavy atom. The van der Waals surface area contributed by atoms with E-state index in [1.54, 1.807) is 47.0 Å². The van der Waals surface area contributed by atoms with Gasteiger partial charge in [0.15, 0.2) is 5.82 Å². The summed E-state index contributed by atoms with van der Waals surface area (Å²) < 4.78 is 1.66. The van der Waals surface area contributed by atoms with Crippen molar-refractivity contribution in [3.8, 4) is 5.82 Å². The number of amides is 3. The summed E-state index contributed by atoms with van der Waals surface area (Å²) in [5.74, 6) is 0.345. The van der Waals surface area contributed by atoms with Crippen LogP contribution in [-0.4, -0.2) is 79.5 Å². The molecule has 0 N–H and O–H groups in total. The van der Waals surface area contributed by atoms with Gasteiger partial charge in [0.05, 0.1) is 11.1 Å². The Hall–Kier alpha value is -4.08. The zero-order valence-corrected chi connectivity index (χ0v) is 17.5. The van der Waals surface area contributed by atoms with Crippen LogP contribution in [0.5, 0.6) is 0 Å². The summed E-state index contributed by atoms with van der Waals surface area (Å²) in [6.07, 6.45) is 4.99. The fourth-order valence-electron chi connectivity index (χ4n) is 4.13. The predicted molar refractivity (Wildman–Crippen MR) is 114 cm³/mol. The first-order valence-electron chi connectivity index (χ1n) is 10.4. The van der Waals surface area contributed by atoms with Gasteiger partial charge in [-0.15, -0.1) is 0 Å². The van der Waals surface area contributed by atoms with E-state index in [1.165, 1.54) is 6.33 Å². The van der Waals surface area contributed by atoms with Crippen LogP contribution >= 0.6 is 0 Å². The summed E-state index contributed by atoms with van der Waals surface area (Å²) in [4.78, 5) is 52.0. The molecule has 2 aliphatic rings. The van der Waals surface area contributed by atoms with Gasteiger partial charge in [-0.3, -0.25) is 19.3 Å². The number of benzene rings is 1. The van der Waals surface area contributed by atoms with Crippen LogP contribution in [0.15, 0.2) is 55.1 Å². The molecule has 1 saturated heterocycles. The standard InChI is InChI=1S/C22H21N7O3/c1-15(29-21(31)16-5-2-3-6-17(16)22(29)32)20(30)27-11-9-26(10-12-27)18-13-19(24-14-23-18)28-8-4-7-25-28/h2-8,13-15H,9-12H2,1H3. The van der Waals surface area contributed by atoms with Crippen molar-refractivity contribution in [3.63, 3.8) is 0 Å². The predicted octanol–water partition coefficient (Wildman–Crippen LogP) is 0.996. The van der Waals surface area contributed by atoms with Gasteiger partial charge in [0, 0.05) is 44.6 Å². The van der Waals surface area contributed by atoms with Crippen LogP contribution in [0, 0.1) is 0 Å². The van der Waals surface area contributed by atoms with Crippen molar-refractivity contribution in [2.45, 2.75) is 13.0 Å². The lowest BCUT2D eigenvalue weighted by Gasteiger charge is -2.37. The highest BCUT2D eigenvalue weighted by Gasteiger charge is 2.42. The number of carbonyl (C=O) groups is 3. The van der Waals surface area contributed by atoms with E-state index in [0.29, 0.717) is 43.1 Å². The third-order valence-electron chi connectivity index (χ3n) is 5.86. The van der Waals surface area contributed by atoms with E-state index < -0.39 is 17.9 Å². The first kappa shape index (κ1) is 19.9. The van der Waals surface area contributed by atoms with Gasteiger partial charge in [-0.25, -0.2) is 14.6 Å². The van der Waals surface area contributed by atoms with Crippen LogP contribution in [0.4, 0.5) is 5.82 Å². The van der Waals surface area contributed by atoms with Crippen LogP contribution in [-0.2, 0) is 4.79 Å². The fourth-order valence-corrected chi connectivity index (χ4v) is 4.13. The van der Waals surface area contributed by atoms with Gasteiger partial charge < -0.3 is 9.80 Å². The highest BCUT2D eigenvalue weighted by atomic mass is 16.2. The molecule has 1 aromatic carbocycles. The number of rotatable bonds is 4. The average molecular weight is 431 g/mol. The number of fused-ring (bicyclic) bond motifs is 1. The molecule has 32 heavy (non-hydrogen) atoms. The van der Waals surface area contributed by atoms with E-state index in [9.17, 15) is 14.4 Å². The normalized spacial score (nSPS) is 17.0. The maximum Gasteiger partial charge on any atom is 0.262 e. The Morgan fingerprint density at radius 3 is 2.22 bits per heavy atom. The van der Waals surface area contributed by atoms with Crippen molar-refractivity contribution in [2.75, 3.05) is 31.1 Å². The monoisotopic (exact) mass is 431 g/mol. The van der Waals surface area contributed by atoms with Gasteiger partial charge in [0.1, 0.15) is 18.2 Å². The molecule has 1 atom stereocenters. The number of imide groups is 1. The second-order valence-electron chi connectivity index (χ2n) is 7.70. The molecule has 0 bridgehead atoms. The highest BCUT2D eigenvalue weighted by molar-refractivity contribution is 6.22. The van der Waals surface area contributed by atoms with E-state index >= 15 is 0 Å². The summed E-state index contributed by atoms with van der Waals surface area (Å²) in [6, 6.07) is 9.47. The Kier molecular flexibility index (Phi) is 4.89. The second-order valence-corrected chi connectivity index (χ2v) is 7.70. The molecule has 162 valence electrons. The molecule has 10 nitrogen and oxygen atoms in total. The molecule has 4 heterocycles. The molecule has 3 aromatic rings. The zero-order chi connectivity index (χ0) is 22.2. The molecule has 10 heteroatoms. The van der Waals surface area contributed by atoms with E-state index in [-0.39, 0.29) is 5.91 Å². The lowest BCUT2D eigenvalue weighted by molar-refractivity contribution is -0.135. The van der Waals surface area contributed by atoms with Gasteiger partial charge in [0.2, 0.25) is 5.91 Å². The lowest BCUT2D eigenvalue weighted by Crippen LogP contribution is -2.55. The summed E-state index contributed by atoms with van der Waals surface area (Å²) in [5, 5.41) is 4.19. The Labute approximate surface area is 184 Å². The van der Waals surface area contributed by atoms with Crippen molar-refractivity contribution in [2.24, 2.45) is 0 Å². The first-order valence-corrected chi connectivity index (χ1v) is 10.4. The first-order chi connectivity index (χ1) is 15.5. The van der Waals surface area contributed by atoms with Gasteiger partial charge in [0.25, 0.3) is 11.8 Å². The molecule has 2 aromatic heterocycles. The zero-order valence-electron chi connectivity index (χ0n) is 17.5. The molecular weight excluding hydrogens is 410 g/mol. The topological polar surface area (TPSA) is 105 Å². The lowest BCUT2D eigenvalue weighted by atomic mass is 10.1. The molecule has 0 spiro atoms. The molecular formula is C22H21N7O3. The van der Waals surface area contributed by atoms with Crippen molar-refractivity contribution in [1.82, 2.24) is 29.5 Å². The Morgan fingerprint density at radius 1 is 0.938 bits per heavy atom. The molecule has 0 saturated carbocycles. The number of nitrogens with zero attached hydrogens (tertiary/aromatic N) is 7. The van der Waals surface area contributed by atoms with Crippen LogP contribution in [0.2, 0.25) is 0 Å². The Balaban J connectivity index is 1.25. The summed E-state index contributed by atoms with van der Waals surface area (Å²) in [7, 11) is 0. The third kappa shape index (κ3) is 3.29. The molecule has 1 fully saturated rings. The number of hydrogen-bond donors (Lipinski definition) is 0. The minimum atomic E-state index is -0.862. The fraction of sp³-hybridized carbons (Fsp3) is 0.273. The molecule has 1 unspecified atom stereocenters. The van der Waals surface area contributed by atoms with Crippen LogP contribution in [0.3, 0.4) is 0 Å². The number of hydrogen-bond acceptors (Lipinski definition) is 7. The maximum atomic E-state index is 13.1. The minimum Gasteiger partial charge on any atom is -0.353 e. The van der Waals surface area contributed by atoms with Crippen molar-refractivity contribution in [3.05, 3.63) is 66.2 Å². The Bertz CT molecular complexity index is 1150. The highest BCUT2D eigenvalue weighted by Crippen LogP contribution is 2.25. The van der Waals surface area contributed by atoms with Gasteiger partial charge >= 0.3 is 0 Å². The van der Waals surface area contributed by atoms with Crippen LogP contribution in [0.25, 0.3) is 5.82 Å². The van der Waals surface area contributed by atoms with Crippen LogP contribution in [0.1, 0.15) is 27.6 Å². The average Bonchev–Trinajstić information content (AvgIpc) is 3.46. The van der Waals surface area contributed by atoms with E-state index in [4.69, 9.17) is 0 Å². The van der Waals surface area contributed by atoms with Crippen LogP contribution < -0.4 is 4.90 Å². The van der Waals surface area contributed by atoms with Gasteiger partial charge in [-0.1, -0.05) is 12.1 Å². The summed E-state index contributed by atoms with van der Waals surface area (Å²) >= 11 is 0. The van der Waals surface area contributed by atoms with E-state index in [2.05, 4.69) is 20.0 Å². The summed E-state index contributed by atoms with van der Waals surface area (Å²) in [5.41, 5.74) is 0.692. The van der Waals surface area contributed by atoms with Crippen molar-refractivity contribution < 1.29 is 14.4 Å².